The predicted octanol–water partition coefficient (Wildman–Crippen LogP) is 4.66. The monoisotopic (exact) mass is 295 g/mol. The van der Waals surface area contributed by atoms with Gasteiger partial charge in [-0.1, -0.05) is 36.4 Å². The highest BCUT2D eigenvalue weighted by molar-refractivity contribution is 5.60. The van der Waals surface area contributed by atoms with Crippen molar-refractivity contribution >= 4 is 5.69 Å². The maximum Gasteiger partial charge on any atom is 0.146 e. The molecule has 3 heteroatoms. The first kappa shape index (κ1) is 13.4. The first-order valence-electron chi connectivity index (χ1n) is 7.63. The third kappa shape index (κ3) is 2.00. The molecule has 2 aliphatic rings. The maximum atomic E-state index is 14.3. The molecule has 0 aromatic heterocycles. The summed E-state index contributed by atoms with van der Waals surface area (Å²) in [6, 6.07) is 13.5. The number of hydrogen-bond donors (Lipinski definition) is 1. The molecule has 1 N–H and O–H groups in total. The number of anilines is 1. The molecule has 4 rings (SSSR count). The molecule has 2 aromatic carbocycles. The van der Waals surface area contributed by atoms with Gasteiger partial charge >= 0.3 is 0 Å². The van der Waals surface area contributed by atoms with Crippen LogP contribution >= 0.6 is 0 Å². The van der Waals surface area contributed by atoms with Gasteiger partial charge in [0, 0.05) is 5.92 Å². The molecule has 0 saturated carbocycles. The van der Waals surface area contributed by atoms with Crippen LogP contribution in [0.2, 0.25) is 0 Å². The zero-order valence-electron chi connectivity index (χ0n) is 12.4. The van der Waals surface area contributed by atoms with E-state index in [0.29, 0.717) is 11.6 Å². The lowest BCUT2D eigenvalue weighted by atomic mass is 9.77. The van der Waals surface area contributed by atoms with Gasteiger partial charge in [0.2, 0.25) is 0 Å². The fourth-order valence-corrected chi connectivity index (χ4v) is 3.75. The molecule has 0 saturated heterocycles. The van der Waals surface area contributed by atoms with E-state index >= 15 is 0 Å². The lowest BCUT2D eigenvalue weighted by Gasteiger charge is -2.37. The summed E-state index contributed by atoms with van der Waals surface area (Å²) in [4.78, 5) is 0. The highest BCUT2D eigenvalue weighted by Crippen LogP contribution is 2.50. The fourth-order valence-electron chi connectivity index (χ4n) is 3.75. The Morgan fingerprint density at radius 2 is 2.05 bits per heavy atom. The van der Waals surface area contributed by atoms with Crippen LogP contribution in [-0.2, 0) is 0 Å². The van der Waals surface area contributed by atoms with Crippen LogP contribution in [0.25, 0.3) is 0 Å². The van der Waals surface area contributed by atoms with E-state index < -0.39 is 0 Å². The lowest BCUT2D eigenvalue weighted by Crippen LogP contribution is -2.29. The minimum Gasteiger partial charge on any atom is -0.497 e. The van der Waals surface area contributed by atoms with Crippen molar-refractivity contribution in [3.63, 3.8) is 0 Å². The van der Waals surface area contributed by atoms with E-state index in [4.69, 9.17) is 4.74 Å². The Morgan fingerprint density at radius 1 is 1.18 bits per heavy atom. The van der Waals surface area contributed by atoms with Crippen molar-refractivity contribution in [1.29, 1.82) is 0 Å². The molecular weight excluding hydrogens is 277 g/mol. The Kier molecular flexibility index (Phi) is 3.14. The van der Waals surface area contributed by atoms with Crippen molar-refractivity contribution in [1.82, 2.24) is 0 Å². The smallest absolute Gasteiger partial charge is 0.146 e. The number of hydrogen-bond acceptors (Lipinski definition) is 2. The van der Waals surface area contributed by atoms with E-state index in [1.807, 2.05) is 24.3 Å². The van der Waals surface area contributed by atoms with E-state index in [-0.39, 0.29) is 17.8 Å². The van der Waals surface area contributed by atoms with Crippen molar-refractivity contribution < 1.29 is 9.13 Å². The average molecular weight is 295 g/mol. The number of nitrogens with one attached hydrogen (secondary N) is 1. The summed E-state index contributed by atoms with van der Waals surface area (Å²) >= 11 is 0. The Morgan fingerprint density at radius 3 is 2.91 bits per heavy atom. The Balaban J connectivity index is 1.80. The van der Waals surface area contributed by atoms with Crippen LogP contribution in [0.3, 0.4) is 0 Å². The first-order valence-corrected chi connectivity index (χ1v) is 7.63. The topological polar surface area (TPSA) is 21.3 Å². The van der Waals surface area contributed by atoms with Gasteiger partial charge in [0.1, 0.15) is 11.6 Å². The SMILES string of the molecule is COc1cccc([C@@H]2Nc3c(F)cccc3[C@@H]3C=CC[C@H]32)c1. The van der Waals surface area contributed by atoms with E-state index in [9.17, 15) is 4.39 Å². The average Bonchev–Trinajstić information content (AvgIpc) is 3.04. The molecule has 0 bridgehead atoms. The number of ether oxygens (including phenoxy) is 1. The van der Waals surface area contributed by atoms with Crippen molar-refractivity contribution in [3.8, 4) is 5.75 Å². The summed E-state index contributed by atoms with van der Waals surface area (Å²) in [6.07, 6.45) is 5.44. The van der Waals surface area contributed by atoms with Gasteiger partial charge in [-0.2, -0.15) is 0 Å². The Labute approximate surface area is 129 Å². The minimum atomic E-state index is -0.177. The maximum absolute atomic E-state index is 14.3. The molecule has 112 valence electrons. The molecule has 0 unspecified atom stereocenters. The molecule has 1 heterocycles. The second-order valence-corrected chi connectivity index (χ2v) is 5.96. The number of benzene rings is 2. The third-order valence-electron chi connectivity index (χ3n) is 4.80. The van der Waals surface area contributed by atoms with Gasteiger partial charge in [0.05, 0.1) is 18.8 Å². The highest BCUT2D eigenvalue weighted by atomic mass is 19.1. The number of para-hydroxylation sites is 1. The van der Waals surface area contributed by atoms with Crippen LogP contribution in [0.4, 0.5) is 10.1 Å². The number of allylic oxidation sites excluding steroid dienone is 2. The number of halogens is 1. The van der Waals surface area contributed by atoms with Crippen LogP contribution in [0.5, 0.6) is 5.75 Å². The van der Waals surface area contributed by atoms with Crippen LogP contribution in [0, 0.1) is 11.7 Å². The molecule has 22 heavy (non-hydrogen) atoms. The molecule has 3 atom stereocenters. The zero-order valence-corrected chi connectivity index (χ0v) is 12.4. The number of methoxy groups -OCH3 is 1. The predicted molar refractivity (Wildman–Crippen MR) is 85.7 cm³/mol. The quantitative estimate of drug-likeness (QED) is 0.814. The van der Waals surface area contributed by atoms with Crippen molar-refractivity contribution in [3.05, 3.63) is 71.6 Å². The molecular formula is C19H18FNO. The lowest BCUT2D eigenvalue weighted by molar-refractivity contribution is 0.405. The molecule has 0 radical (unpaired) electrons. The third-order valence-corrected chi connectivity index (χ3v) is 4.80. The summed E-state index contributed by atoms with van der Waals surface area (Å²) in [5, 5.41) is 3.43. The Bertz CT molecular complexity index is 740. The fraction of sp³-hybridized carbons (Fsp3) is 0.263. The van der Waals surface area contributed by atoms with Crippen LogP contribution in [0.1, 0.15) is 29.5 Å². The van der Waals surface area contributed by atoms with E-state index in [0.717, 1.165) is 23.3 Å². The first-order chi connectivity index (χ1) is 10.8. The Hall–Kier alpha value is -2.29. The highest BCUT2D eigenvalue weighted by Gasteiger charge is 2.38. The van der Waals surface area contributed by atoms with Crippen molar-refractivity contribution in [2.75, 3.05) is 12.4 Å². The van der Waals surface area contributed by atoms with Gasteiger partial charge in [-0.05, 0) is 41.7 Å². The summed E-state index contributed by atoms with van der Waals surface area (Å²) < 4.78 is 19.6. The molecule has 1 aliphatic carbocycles. The van der Waals surface area contributed by atoms with Gasteiger partial charge in [-0.25, -0.2) is 4.39 Å². The van der Waals surface area contributed by atoms with E-state index in [1.165, 1.54) is 6.07 Å². The van der Waals surface area contributed by atoms with E-state index in [1.54, 1.807) is 13.2 Å². The summed E-state index contributed by atoms with van der Waals surface area (Å²) in [5.74, 6) is 1.36. The zero-order chi connectivity index (χ0) is 15.1. The largest absolute Gasteiger partial charge is 0.497 e. The van der Waals surface area contributed by atoms with Gasteiger partial charge in [0.25, 0.3) is 0 Å². The molecule has 0 spiro atoms. The molecule has 0 amide bonds. The van der Waals surface area contributed by atoms with Gasteiger partial charge < -0.3 is 10.1 Å². The van der Waals surface area contributed by atoms with Gasteiger partial charge in [-0.3, -0.25) is 0 Å². The molecule has 2 aromatic rings. The van der Waals surface area contributed by atoms with E-state index in [2.05, 4.69) is 23.5 Å². The summed E-state index contributed by atoms with van der Waals surface area (Å²) in [7, 11) is 1.67. The van der Waals surface area contributed by atoms with Crippen LogP contribution in [0.15, 0.2) is 54.6 Å². The second-order valence-electron chi connectivity index (χ2n) is 5.96. The van der Waals surface area contributed by atoms with Crippen LogP contribution in [-0.4, -0.2) is 7.11 Å². The van der Waals surface area contributed by atoms with Gasteiger partial charge in [-0.15, -0.1) is 0 Å². The molecule has 2 nitrogen and oxygen atoms in total. The van der Waals surface area contributed by atoms with Crippen LogP contribution < -0.4 is 10.1 Å². The van der Waals surface area contributed by atoms with Gasteiger partial charge in [0.15, 0.2) is 0 Å². The molecule has 1 aliphatic heterocycles. The second kappa shape index (κ2) is 5.16. The number of rotatable bonds is 2. The normalized spacial score (nSPS) is 25.3. The standard InChI is InChI=1S/C19H18FNO/c1-22-13-6-2-5-12(11-13)18-15-8-3-7-14(15)16-9-4-10-17(20)19(16)21-18/h2-7,9-11,14-15,18,21H,8H2,1H3/t14-,15-,18+/m1/s1. The van der Waals surface area contributed by atoms with Crippen molar-refractivity contribution in [2.45, 2.75) is 18.4 Å². The van der Waals surface area contributed by atoms with Crippen molar-refractivity contribution in [2.24, 2.45) is 5.92 Å². The molecule has 0 fully saturated rings. The number of fused-ring (bicyclic) bond motifs is 3. The summed E-state index contributed by atoms with van der Waals surface area (Å²) in [6.45, 7) is 0. The summed E-state index contributed by atoms with van der Waals surface area (Å²) in [5.41, 5.74) is 2.85. The minimum absolute atomic E-state index is 0.0968.